The number of hydrogen-bond acceptors (Lipinski definition) is 7. The van der Waals surface area contributed by atoms with E-state index in [1.807, 2.05) is 24.8 Å². The molecule has 0 aliphatic carbocycles. The normalized spacial score (nSPS) is 20.2. The Labute approximate surface area is 113 Å². The van der Waals surface area contributed by atoms with E-state index in [2.05, 4.69) is 10.1 Å². The lowest BCUT2D eigenvalue weighted by atomic mass is 10.3. The fraction of sp³-hybridized carbons (Fsp3) is 0.455. The lowest BCUT2D eigenvalue weighted by Gasteiger charge is -2.18. The van der Waals surface area contributed by atoms with Gasteiger partial charge in [0.15, 0.2) is 0 Å². The van der Waals surface area contributed by atoms with Crippen LogP contribution in [0.25, 0.3) is 10.8 Å². The Hall–Kier alpha value is -1.05. The van der Waals surface area contributed by atoms with Gasteiger partial charge in [0.25, 0.3) is 5.89 Å². The fourth-order valence-corrected chi connectivity index (χ4v) is 3.52. The van der Waals surface area contributed by atoms with Crippen LogP contribution in [0.3, 0.4) is 0 Å². The summed E-state index contributed by atoms with van der Waals surface area (Å²) in [4.78, 5) is 5.36. The molecule has 2 N–H and O–H groups in total. The van der Waals surface area contributed by atoms with Gasteiger partial charge in [-0.3, -0.25) is 0 Å². The summed E-state index contributed by atoms with van der Waals surface area (Å²) in [6, 6.07) is 1.91. The van der Waals surface area contributed by atoms with Crippen LogP contribution in [-0.4, -0.2) is 28.3 Å². The first kappa shape index (κ1) is 12.0. The molecular weight excluding hydrogens is 270 g/mol. The quantitative estimate of drug-likeness (QED) is 0.912. The molecule has 0 radical (unpaired) electrons. The molecule has 1 unspecified atom stereocenters. The number of aryl methyl sites for hydroxylation is 1. The number of ether oxygens (including phenoxy) is 1. The molecule has 3 rings (SSSR count). The van der Waals surface area contributed by atoms with Crippen molar-refractivity contribution in [3.05, 3.63) is 17.5 Å². The van der Waals surface area contributed by atoms with Crippen LogP contribution in [0.4, 0.5) is 5.00 Å². The lowest BCUT2D eigenvalue weighted by molar-refractivity contribution is 0.0677. The van der Waals surface area contributed by atoms with E-state index >= 15 is 0 Å². The summed E-state index contributed by atoms with van der Waals surface area (Å²) in [5.74, 6) is 3.07. The minimum Gasteiger partial charge on any atom is -0.391 e. The molecule has 96 valence electrons. The molecule has 1 atom stereocenters. The van der Waals surface area contributed by atoms with E-state index in [0.29, 0.717) is 11.7 Å². The predicted octanol–water partition coefficient (Wildman–Crippen LogP) is 2.49. The van der Waals surface area contributed by atoms with Gasteiger partial charge in [-0.25, -0.2) is 0 Å². The second-order valence-electron chi connectivity index (χ2n) is 4.05. The number of anilines is 1. The smallest absolute Gasteiger partial charge is 0.268 e. The number of nitrogens with two attached hydrogens (primary N) is 1. The molecule has 18 heavy (non-hydrogen) atoms. The Kier molecular flexibility index (Phi) is 3.27. The lowest BCUT2D eigenvalue weighted by Crippen LogP contribution is -2.16. The van der Waals surface area contributed by atoms with Crippen molar-refractivity contribution in [3.8, 4) is 10.8 Å². The first-order valence-electron chi connectivity index (χ1n) is 5.63. The van der Waals surface area contributed by atoms with E-state index in [1.54, 1.807) is 0 Å². The van der Waals surface area contributed by atoms with E-state index in [0.717, 1.165) is 33.6 Å². The van der Waals surface area contributed by atoms with Crippen LogP contribution in [0.2, 0.25) is 0 Å². The highest BCUT2D eigenvalue weighted by Gasteiger charge is 2.23. The van der Waals surface area contributed by atoms with Gasteiger partial charge in [-0.05, 0) is 18.6 Å². The predicted molar refractivity (Wildman–Crippen MR) is 72.8 cm³/mol. The highest BCUT2D eigenvalue weighted by Crippen LogP contribution is 2.34. The van der Waals surface area contributed by atoms with Gasteiger partial charge in [0, 0.05) is 11.5 Å². The fourth-order valence-electron chi connectivity index (χ4n) is 1.81. The average molecular weight is 283 g/mol. The van der Waals surface area contributed by atoms with E-state index in [4.69, 9.17) is 15.0 Å². The minimum absolute atomic E-state index is 0.0566. The van der Waals surface area contributed by atoms with Crippen molar-refractivity contribution in [2.24, 2.45) is 0 Å². The molecule has 1 aliphatic rings. The Morgan fingerprint density at radius 2 is 2.39 bits per heavy atom. The topological polar surface area (TPSA) is 74.2 Å². The first-order chi connectivity index (χ1) is 8.74. The molecule has 0 spiro atoms. The van der Waals surface area contributed by atoms with Crippen molar-refractivity contribution in [2.75, 3.05) is 23.8 Å². The highest BCUT2D eigenvalue weighted by atomic mass is 32.2. The van der Waals surface area contributed by atoms with E-state index in [9.17, 15) is 0 Å². The third kappa shape index (κ3) is 2.25. The average Bonchev–Trinajstić information content (AvgIpc) is 2.97. The number of thioether (sulfide) groups is 1. The van der Waals surface area contributed by atoms with Crippen LogP contribution >= 0.6 is 23.1 Å². The number of thiophene rings is 1. The molecule has 5 nitrogen and oxygen atoms in total. The maximum Gasteiger partial charge on any atom is 0.268 e. The van der Waals surface area contributed by atoms with Crippen molar-refractivity contribution in [1.29, 1.82) is 0 Å². The number of hydrogen-bond donors (Lipinski definition) is 1. The molecule has 0 saturated carbocycles. The van der Waals surface area contributed by atoms with Gasteiger partial charge in [-0.1, -0.05) is 5.16 Å². The minimum atomic E-state index is -0.0566. The Morgan fingerprint density at radius 3 is 3.06 bits per heavy atom. The summed E-state index contributed by atoms with van der Waals surface area (Å²) < 4.78 is 10.9. The van der Waals surface area contributed by atoms with Gasteiger partial charge in [-0.15, -0.1) is 11.3 Å². The molecule has 0 amide bonds. The summed E-state index contributed by atoms with van der Waals surface area (Å²) in [6.45, 7) is 2.73. The Morgan fingerprint density at radius 1 is 1.50 bits per heavy atom. The second-order valence-corrected chi connectivity index (χ2v) is 6.29. The molecule has 2 aromatic rings. The monoisotopic (exact) mass is 283 g/mol. The molecular formula is C11H13N3O2S2. The maximum atomic E-state index is 5.77. The van der Waals surface area contributed by atoms with Gasteiger partial charge in [-0.2, -0.15) is 16.7 Å². The zero-order valence-corrected chi connectivity index (χ0v) is 11.5. The van der Waals surface area contributed by atoms with Gasteiger partial charge in [0.05, 0.1) is 16.5 Å². The van der Waals surface area contributed by atoms with Crippen LogP contribution in [0.15, 0.2) is 10.6 Å². The first-order valence-corrected chi connectivity index (χ1v) is 7.60. The third-order valence-electron chi connectivity index (χ3n) is 2.68. The standard InChI is InChI=1S/C11H13N3O2S2/c1-6-4-8(12)18-9(6)11-13-10(14-16-11)7-5-17-3-2-15-7/h4,7H,2-3,5,12H2,1H3. The number of nitrogen functional groups attached to an aromatic ring is 1. The van der Waals surface area contributed by atoms with Crippen LogP contribution < -0.4 is 5.73 Å². The molecule has 2 aromatic heterocycles. The number of rotatable bonds is 2. The van der Waals surface area contributed by atoms with E-state index in [-0.39, 0.29) is 6.10 Å². The SMILES string of the molecule is Cc1cc(N)sc1-c1nc(C2CSCCO2)no1. The van der Waals surface area contributed by atoms with Crippen molar-refractivity contribution in [3.63, 3.8) is 0 Å². The summed E-state index contributed by atoms with van der Waals surface area (Å²) in [6.07, 6.45) is -0.0566. The summed E-state index contributed by atoms with van der Waals surface area (Å²) in [5.41, 5.74) is 6.83. The van der Waals surface area contributed by atoms with Crippen LogP contribution in [0.5, 0.6) is 0 Å². The Bertz CT molecular complexity index is 546. The van der Waals surface area contributed by atoms with Gasteiger partial charge in [0.1, 0.15) is 6.10 Å². The van der Waals surface area contributed by atoms with Crippen LogP contribution in [-0.2, 0) is 4.74 Å². The van der Waals surface area contributed by atoms with Gasteiger partial charge >= 0.3 is 0 Å². The summed E-state index contributed by atoms with van der Waals surface area (Å²) >= 11 is 3.31. The van der Waals surface area contributed by atoms with Gasteiger partial charge < -0.3 is 15.0 Å². The van der Waals surface area contributed by atoms with Crippen LogP contribution in [0, 0.1) is 6.92 Å². The molecule has 0 aromatic carbocycles. The van der Waals surface area contributed by atoms with Crippen molar-refractivity contribution in [2.45, 2.75) is 13.0 Å². The zero-order valence-electron chi connectivity index (χ0n) is 9.88. The van der Waals surface area contributed by atoms with Gasteiger partial charge in [0.2, 0.25) is 5.82 Å². The molecule has 1 fully saturated rings. The maximum absolute atomic E-state index is 5.77. The zero-order chi connectivity index (χ0) is 12.5. The third-order valence-corrected chi connectivity index (χ3v) is 4.72. The summed E-state index contributed by atoms with van der Waals surface area (Å²) in [5, 5.41) is 4.76. The largest absolute Gasteiger partial charge is 0.391 e. The molecule has 3 heterocycles. The molecule has 1 saturated heterocycles. The van der Waals surface area contributed by atoms with Crippen molar-refractivity contribution < 1.29 is 9.26 Å². The van der Waals surface area contributed by atoms with E-state index in [1.165, 1.54) is 11.3 Å². The molecule has 0 bridgehead atoms. The van der Waals surface area contributed by atoms with Crippen LogP contribution in [0.1, 0.15) is 17.5 Å². The number of nitrogens with zero attached hydrogens (tertiary/aromatic N) is 2. The molecule has 1 aliphatic heterocycles. The second kappa shape index (κ2) is 4.91. The van der Waals surface area contributed by atoms with E-state index < -0.39 is 0 Å². The molecule has 7 heteroatoms. The Balaban J connectivity index is 1.86. The van der Waals surface area contributed by atoms with Crippen molar-refractivity contribution in [1.82, 2.24) is 10.1 Å². The summed E-state index contributed by atoms with van der Waals surface area (Å²) in [7, 11) is 0. The highest BCUT2D eigenvalue weighted by molar-refractivity contribution is 7.99. The van der Waals surface area contributed by atoms with Crippen molar-refractivity contribution >= 4 is 28.1 Å². The number of aromatic nitrogens is 2.